The summed E-state index contributed by atoms with van der Waals surface area (Å²) in [5.41, 5.74) is 0. The zero-order chi connectivity index (χ0) is 16.6. The Hall–Kier alpha value is -0.850. The lowest BCUT2D eigenvalue weighted by atomic mass is 10.1. The molecule has 23 heavy (non-hydrogen) atoms. The lowest BCUT2D eigenvalue weighted by Crippen LogP contribution is -2.40. The summed E-state index contributed by atoms with van der Waals surface area (Å²) in [6.45, 7) is 4.42. The Morgan fingerprint density at radius 1 is 0.957 bits per heavy atom. The maximum atomic E-state index is 5.96. The first-order valence-corrected chi connectivity index (χ1v) is 8.99. The molecule has 1 aliphatic carbocycles. The minimum absolute atomic E-state index is 0.457. The third-order valence-corrected chi connectivity index (χ3v) is 3.96. The van der Waals surface area contributed by atoms with Crippen LogP contribution in [0.15, 0.2) is 4.99 Å². The molecule has 6 heteroatoms. The molecule has 0 aliphatic heterocycles. The van der Waals surface area contributed by atoms with E-state index >= 15 is 0 Å². The van der Waals surface area contributed by atoms with E-state index in [1.54, 1.807) is 14.2 Å². The van der Waals surface area contributed by atoms with Crippen molar-refractivity contribution in [2.45, 2.75) is 51.0 Å². The zero-order valence-corrected chi connectivity index (χ0v) is 14.9. The summed E-state index contributed by atoms with van der Waals surface area (Å²) in [6.07, 6.45) is 9.20. The Balaban J connectivity index is 1.96. The summed E-state index contributed by atoms with van der Waals surface area (Å²) in [5, 5.41) is 6.57. The Bertz CT molecular complexity index is 293. The molecule has 0 amide bonds. The molecule has 0 atom stereocenters. The van der Waals surface area contributed by atoms with E-state index in [2.05, 4.69) is 15.6 Å². The van der Waals surface area contributed by atoms with Crippen LogP contribution in [0.25, 0.3) is 0 Å². The number of rotatable bonds is 11. The van der Waals surface area contributed by atoms with Crippen LogP contribution in [0, 0.1) is 0 Å². The van der Waals surface area contributed by atoms with Crippen molar-refractivity contribution in [2.75, 3.05) is 53.7 Å². The molecule has 136 valence electrons. The fourth-order valence-corrected chi connectivity index (χ4v) is 2.65. The van der Waals surface area contributed by atoms with Crippen molar-refractivity contribution in [1.82, 2.24) is 10.6 Å². The Kier molecular flexibility index (Phi) is 12.9. The van der Waals surface area contributed by atoms with Gasteiger partial charge in [0.2, 0.25) is 0 Å². The Morgan fingerprint density at radius 3 is 2.39 bits per heavy atom. The third kappa shape index (κ3) is 11.3. The summed E-state index contributed by atoms with van der Waals surface area (Å²) in [6, 6.07) is 0. The molecule has 0 aromatic heterocycles. The van der Waals surface area contributed by atoms with Crippen molar-refractivity contribution < 1.29 is 14.2 Å². The van der Waals surface area contributed by atoms with Gasteiger partial charge in [0.25, 0.3) is 0 Å². The molecule has 0 radical (unpaired) electrons. The molecule has 0 heterocycles. The van der Waals surface area contributed by atoms with Gasteiger partial charge in [0.1, 0.15) is 0 Å². The lowest BCUT2D eigenvalue weighted by Gasteiger charge is -2.16. The number of nitrogens with one attached hydrogen (secondary N) is 2. The van der Waals surface area contributed by atoms with Gasteiger partial charge < -0.3 is 24.8 Å². The first-order valence-electron chi connectivity index (χ1n) is 8.99. The summed E-state index contributed by atoms with van der Waals surface area (Å²) in [5.74, 6) is 0.825. The van der Waals surface area contributed by atoms with Crippen LogP contribution in [0.5, 0.6) is 0 Å². The summed E-state index contributed by atoms with van der Waals surface area (Å²) in [7, 11) is 3.47. The Morgan fingerprint density at radius 2 is 1.70 bits per heavy atom. The largest absolute Gasteiger partial charge is 0.382 e. The number of ether oxygens (including phenoxy) is 3. The highest BCUT2D eigenvalue weighted by atomic mass is 16.5. The molecule has 6 nitrogen and oxygen atoms in total. The van der Waals surface area contributed by atoms with Gasteiger partial charge in [-0.1, -0.05) is 25.7 Å². The number of hydrogen-bond acceptors (Lipinski definition) is 4. The van der Waals surface area contributed by atoms with Crippen LogP contribution >= 0.6 is 0 Å². The number of methoxy groups -OCH3 is 1. The zero-order valence-electron chi connectivity index (χ0n) is 14.9. The molecule has 0 aromatic carbocycles. The molecule has 1 fully saturated rings. The van der Waals surface area contributed by atoms with E-state index in [9.17, 15) is 0 Å². The Labute approximate surface area is 141 Å². The van der Waals surface area contributed by atoms with Crippen LogP contribution in [0.4, 0.5) is 0 Å². The van der Waals surface area contributed by atoms with E-state index in [4.69, 9.17) is 14.2 Å². The minimum atomic E-state index is 0.457. The standard InChI is InChI=1S/C17H35N3O3/c1-18-17(19-10-7-12-22-15-14-21-2)20-11-13-23-16-8-5-3-4-6-9-16/h16H,3-15H2,1-2H3,(H2,18,19,20). The molecule has 2 N–H and O–H groups in total. The topological polar surface area (TPSA) is 64.1 Å². The van der Waals surface area contributed by atoms with E-state index in [1.807, 2.05) is 0 Å². The van der Waals surface area contributed by atoms with Crippen LogP contribution in [-0.2, 0) is 14.2 Å². The second-order valence-electron chi connectivity index (χ2n) is 5.87. The highest BCUT2D eigenvalue weighted by Crippen LogP contribution is 2.19. The molecular formula is C17H35N3O3. The van der Waals surface area contributed by atoms with Gasteiger partial charge in [-0.25, -0.2) is 0 Å². The molecule has 0 aromatic rings. The third-order valence-electron chi connectivity index (χ3n) is 3.96. The van der Waals surface area contributed by atoms with Crippen LogP contribution in [0.2, 0.25) is 0 Å². The van der Waals surface area contributed by atoms with Gasteiger partial charge in [0.05, 0.1) is 25.9 Å². The van der Waals surface area contributed by atoms with Crippen LogP contribution < -0.4 is 10.6 Å². The molecular weight excluding hydrogens is 294 g/mol. The van der Waals surface area contributed by atoms with Gasteiger partial charge in [-0.2, -0.15) is 0 Å². The SMILES string of the molecule is CN=C(NCCCOCCOC)NCCOC1CCCCCC1. The fraction of sp³-hybridized carbons (Fsp3) is 0.941. The van der Waals surface area contributed by atoms with Gasteiger partial charge >= 0.3 is 0 Å². The first-order chi connectivity index (χ1) is 11.4. The number of nitrogens with zero attached hydrogens (tertiary/aromatic N) is 1. The van der Waals surface area contributed by atoms with Gasteiger partial charge in [-0.05, 0) is 19.3 Å². The predicted molar refractivity (Wildman–Crippen MR) is 94.1 cm³/mol. The molecule has 0 bridgehead atoms. The normalized spacial score (nSPS) is 17.0. The van der Waals surface area contributed by atoms with Gasteiger partial charge in [-0.15, -0.1) is 0 Å². The second-order valence-corrected chi connectivity index (χ2v) is 5.87. The first kappa shape index (κ1) is 20.2. The smallest absolute Gasteiger partial charge is 0.191 e. The fourth-order valence-electron chi connectivity index (χ4n) is 2.65. The average molecular weight is 329 g/mol. The second kappa shape index (κ2) is 14.7. The van der Waals surface area contributed by atoms with Crippen molar-refractivity contribution in [2.24, 2.45) is 4.99 Å². The molecule has 1 rings (SSSR count). The van der Waals surface area contributed by atoms with E-state index in [0.29, 0.717) is 19.3 Å². The number of guanidine groups is 1. The predicted octanol–water partition coefficient (Wildman–Crippen LogP) is 1.94. The molecule has 0 saturated heterocycles. The van der Waals surface area contributed by atoms with Gasteiger partial charge in [0, 0.05) is 33.9 Å². The van der Waals surface area contributed by atoms with Crippen LogP contribution in [-0.4, -0.2) is 65.7 Å². The summed E-state index contributed by atoms with van der Waals surface area (Å²) in [4.78, 5) is 4.21. The van der Waals surface area contributed by atoms with Crippen molar-refractivity contribution in [3.63, 3.8) is 0 Å². The monoisotopic (exact) mass is 329 g/mol. The van der Waals surface area contributed by atoms with Gasteiger partial charge in [-0.3, -0.25) is 4.99 Å². The van der Waals surface area contributed by atoms with E-state index < -0.39 is 0 Å². The molecule has 0 spiro atoms. The van der Waals surface area contributed by atoms with Gasteiger partial charge in [0.15, 0.2) is 5.96 Å². The highest BCUT2D eigenvalue weighted by molar-refractivity contribution is 5.79. The molecule has 0 unspecified atom stereocenters. The van der Waals surface area contributed by atoms with E-state index in [1.165, 1.54) is 38.5 Å². The maximum absolute atomic E-state index is 5.96. The molecule has 1 saturated carbocycles. The van der Waals surface area contributed by atoms with Crippen LogP contribution in [0.1, 0.15) is 44.9 Å². The van der Waals surface area contributed by atoms with E-state index in [-0.39, 0.29) is 0 Å². The number of aliphatic imine (C=N–C) groups is 1. The number of hydrogen-bond donors (Lipinski definition) is 2. The van der Waals surface area contributed by atoms with Crippen molar-refractivity contribution in [1.29, 1.82) is 0 Å². The van der Waals surface area contributed by atoms with Crippen molar-refractivity contribution in [3.8, 4) is 0 Å². The highest BCUT2D eigenvalue weighted by Gasteiger charge is 2.11. The average Bonchev–Trinajstić information content (AvgIpc) is 2.84. The minimum Gasteiger partial charge on any atom is -0.382 e. The van der Waals surface area contributed by atoms with Crippen LogP contribution in [0.3, 0.4) is 0 Å². The molecule has 1 aliphatic rings. The lowest BCUT2D eigenvalue weighted by molar-refractivity contribution is 0.0468. The van der Waals surface area contributed by atoms with E-state index in [0.717, 1.165) is 38.7 Å². The van der Waals surface area contributed by atoms with Crippen molar-refractivity contribution in [3.05, 3.63) is 0 Å². The quantitative estimate of drug-likeness (QED) is 0.262. The summed E-state index contributed by atoms with van der Waals surface area (Å²) >= 11 is 0. The summed E-state index contributed by atoms with van der Waals surface area (Å²) < 4.78 is 16.3. The van der Waals surface area contributed by atoms with Crippen molar-refractivity contribution >= 4 is 5.96 Å². The maximum Gasteiger partial charge on any atom is 0.191 e.